The van der Waals surface area contributed by atoms with Crippen LogP contribution >= 0.6 is 8.88 Å². The molecule has 9 nitrogen and oxygen atoms in total. The predicted molar refractivity (Wildman–Crippen MR) is 114 cm³/mol. The van der Waals surface area contributed by atoms with Crippen LogP contribution in [0, 0.1) is 5.41 Å². The summed E-state index contributed by atoms with van der Waals surface area (Å²) in [4.78, 5) is 12.2. The fourth-order valence-corrected chi connectivity index (χ4v) is 4.38. The first-order valence-electron chi connectivity index (χ1n) is 8.66. The molecule has 0 saturated carbocycles. The molecule has 156 valence electrons. The molecule has 0 saturated heterocycles. The summed E-state index contributed by atoms with van der Waals surface area (Å²) >= 11 is 0. The van der Waals surface area contributed by atoms with Crippen molar-refractivity contribution in [2.45, 2.75) is 18.3 Å². The van der Waals surface area contributed by atoms with Gasteiger partial charge in [-0.15, -0.1) is 0 Å². The molecule has 0 bridgehead atoms. The second-order valence-electron chi connectivity index (χ2n) is 6.18. The average molecular weight is 437 g/mol. The minimum absolute atomic E-state index is 0.0107. The Bertz CT molecular complexity index is 923. The zero-order valence-electron chi connectivity index (χ0n) is 15.6. The van der Waals surface area contributed by atoms with E-state index in [0.717, 1.165) is 5.56 Å². The van der Waals surface area contributed by atoms with Crippen molar-refractivity contribution in [1.82, 2.24) is 14.9 Å². The minimum atomic E-state index is -3.79. The summed E-state index contributed by atoms with van der Waals surface area (Å²) in [5, 5.41) is 22.3. The van der Waals surface area contributed by atoms with E-state index >= 15 is 0 Å². The van der Waals surface area contributed by atoms with Crippen molar-refractivity contribution in [2.24, 2.45) is 5.73 Å². The monoisotopic (exact) mass is 437 g/mol. The maximum atomic E-state index is 12.2. The number of aliphatic hydroxyl groups is 1. The smallest absolute Gasteiger partial charge is 0.244 e. The van der Waals surface area contributed by atoms with Crippen molar-refractivity contribution in [1.29, 1.82) is 5.41 Å². The van der Waals surface area contributed by atoms with Crippen LogP contribution in [0.15, 0.2) is 54.6 Å². The maximum absolute atomic E-state index is 12.2. The van der Waals surface area contributed by atoms with Gasteiger partial charge in [0, 0.05) is 21.0 Å². The molecule has 0 radical (unpaired) electrons. The first-order chi connectivity index (χ1) is 13.8. The van der Waals surface area contributed by atoms with Gasteiger partial charge >= 0.3 is 0 Å². The van der Waals surface area contributed by atoms with Crippen molar-refractivity contribution in [3.05, 3.63) is 71.3 Å². The van der Waals surface area contributed by atoms with E-state index in [1.807, 2.05) is 12.1 Å². The highest BCUT2D eigenvalue weighted by Gasteiger charge is 2.23. The third-order valence-electron chi connectivity index (χ3n) is 3.85. The third kappa shape index (κ3) is 7.88. The third-order valence-corrected chi connectivity index (χ3v) is 5.93. The Morgan fingerprint density at radius 2 is 1.76 bits per heavy atom. The average Bonchev–Trinajstić information content (AvgIpc) is 2.70. The van der Waals surface area contributed by atoms with Crippen LogP contribution < -0.4 is 20.6 Å². The van der Waals surface area contributed by atoms with Crippen molar-refractivity contribution < 1.29 is 18.3 Å². The quantitative estimate of drug-likeness (QED) is 0.127. The Kier molecular flexibility index (Phi) is 8.69. The second-order valence-corrected chi connectivity index (χ2v) is 8.78. The number of benzene rings is 2. The van der Waals surface area contributed by atoms with Crippen LogP contribution in [-0.2, 0) is 27.1 Å². The molecule has 2 aromatic carbocycles. The second kappa shape index (κ2) is 11.0. The number of amidine groups is 1. The number of nitrogen functional groups attached to an aromatic ring is 1. The number of carbonyl (C=O) groups excluding carboxylic acids is 1. The molecule has 2 rings (SSSR count). The molecule has 0 fully saturated rings. The standard InChI is InChI=1S/C18H24N5O4PS/c19-17(20)15-8-6-13(7-9-15)10-21-28-22-18(25)16(11-24)23-29(26,27)12-14-4-2-1-3-5-14/h1-9,16,21,23-24,28H,10-12H2,(H3,19,20)(H,22,25)/t16-/m1/s1. The summed E-state index contributed by atoms with van der Waals surface area (Å²) in [6.45, 7) is -0.197. The molecular weight excluding hydrogens is 413 g/mol. The number of carbonyl (C=O) groups is 1. The summed E-state index contributed by atoms with van der Waals surface area (Å²) in [5.41, 5.74) is 7.53. The number of nitrogens with two attached hydrogens (primary N) is 1. The molecule has 0 spiro atoms. The maximum Gasteiger partial charge on any atom is 0.244 e. The van der Waals surface area contributed by atoms with Gasteiger partial charge in [0.05, 0.1) is 12.4 Å². The van der Waals surface area contributed by atoms with Crippen LogP contribution in [0.1, 0.15) is 16.7 Å². The summed E-state index contributed by atoms with van der Waals surface area (Å²) in [7, 11) is -3.97. The molecule has 0 aromatic heterocycles. The van der Waals surface area contributed by atoms with E-state index in [1.165, 1.54) is 0 Å². The lowest BCUT2D eigenvalue weighted by atomic mass is 10.1. The Hall–Kier alpha value is -2.36. The molecule has 7 N–H and O–H groups in total. The molecule has 0 aliphatic heterocycles. The topological polar surface area (TPSA) is 157 Å². The van der Waals surface area contributed by atoms with E-state index in [1.54, 1.807) is 42.5 Å². The fourth-order valence-electron chi connectivity index (χ4n) is 2.37. The number of rotatable bonds is 11. The predicted octanol–water partition coefficient (Wildman–Crippen LogP) is 0.165. The highest BCUT2D eigenvalue weighted by molar-refractivity contribution is 7.88. The Labute approximate surface area is 171 Å². The summed E-state index contributed by atoms with van der Waals surface area (Å²) in [6.07, 6.45) is 0. The summed E-state index contributed by atoms with van der Waals surface area (Å²) in [5.74, 6) is -0.917. The van der Waals surface area contributed by atoms with Crippen molar-refractivity contribution in [3.8, 4) is 0 Å². The molecule has 2 aromatic rings. The molecule has 1 amide bonds. The number of aliphatic hydroxyl groups excluding tert-OH is 1. The van der Waals surface area contributed by atoms with Crippen LogP contribution in [-0.4, -0.2) is 37.9 Å². The van der Waals surface area contributed by atoms with Crippen molar-refractivity contribution in [2.75, 3.05) is 6.61 Å². The first-order valence-corrected chi connectivity index (χ1v) is 11.3. The van der Waals surface area contributed by atoms with Crippen LogP contribution in [0.4, 0.5) is 0 Å². The molecule has 11 heteroatoms. The summed E-state index contributed by atoms with van der Waals surface area (Å²) < 4.78 is 26.7. The van der Waals surface area contributed by atoms with E-state index < -0.39 is 28.6 Å². The van der Waals surface area contributed by atoms with E-state index in [-0.39, 0.29) is 20.5 Å². The SMILES string of the molecule is N=C(N)c1ccc(CNPNC(=O)[C@@H](CO)NS(=O)(=O)Cc2ccccc2)cc1. The van der Waals surface area contributed by atoms with Gasteiger partial charge in [0.15, 0.2) is 0 Å². The van der Waals surface area contributed by atoms with Gasteiger partial charge in [0.25, 0.3) is 0 Å². The highest BCUT2D eigenvalue weighted by atomic mass is 32.2. The van der Waals surface area contributed by atoms with Crippen molar-refractivity contribution >= 4 is 30.6 Å². The van der Waals surface area contributed by atoms with Gasteiger partial charge in [-0.25, -0.2) is 13.1 Å². The first kappa shape index (κ1) is 22.9. The molecule has 2 atom stereocenters. The molecule has 1 unspecified atom stereocenters. The van der Waals surface area contributed by atoms with Gasteiger partial charge in [0.2, 0.25) is 15.9 Å². The zero-order valence-corrected chi connectivity index (χ0v) is 17.4. The van der Waals surface area contributed by atoms with Gasteiger partial charge in [-0.05, 0) is 11.1 Å². The van der Waals surface area contributed by atoms with Gasteiger partial charge < -0.3 is 15.9 Å². The number of hydrogen-bond donors (Lipinski definition) is 6. The molecule has 0 aliphatic rings. The highest BCUT2D eigenvalue weighted by Crippen LogP contribution is 2.08. The molecule has 29 heavy (non-hydrogen) atoms. The lowest BCUT2D eigenvalue weighted by Gasteiger charge is -2.16. The van der Waals surface area contributed by atoms with Gasteiger partial charge in [-0.3, -0.25) is 15.3 Å². The molecule has 0 aliphatic carbocycles. The van der Waals surface area contributed by atoms with Crippen molar-refractivity contribution in [3.63, 3.8) is 0 Å². The van der Waals surface area contributed by atoms with E-state index in [9.17, 15) is 18.3 Å². The fraction of sp³-hybridized carbons (Fsp3) is 0.222. The zero-order chi connectivity index (χ0) is 21.3. The Balaban J connectivity index is 1.79. The summed E-state index contributed by atoms with van der Waals surface area (Å²) in [6, 6.07) is 14.4. The van der Waals surface area contributed by atoms with Crippen LogP contribution in [0.25, 0.3) is 0 Å². The largest absolute Gasteiger partial charge is 0.394 e. The van der Waals surface area contributed by atoms with Crippen LogP contribution in [0.2, 0.25) is 0 Å². The van der Waals surface area contributed by atoms with Crippen LogP contribution in [0.5, 0.6) is 0 Å². The lowest BCUT2D eigenvalue weighted by Crippen LogP contribution is -2.47. The Morgan fingerprint density at radius 3 is 2.34 bits per heavy atom. The minimum Gasteiger partial charge on any atom is -0.394 e. The number of sulfonamides is 1. The lowest BCUT2D eigenvalue weighted by molar-refractivity contribution is -0.121. The number of hydrogen-bond acceptors (Lipinski definition) is 6. The normalized spacial score (nSPS) is 12.7. The number of amides is 1. The molecule has 0 heterocycles. The van der Waals surface area contributed by atoms with Gasteiger partial charge in [-0.2, -0.15) is 0 Å². The number of nitrogens with one attached hydrogen (secondary N) is 4. The van der Waals surface area contributed by atoms with Crippen LogP contribution in [0.3, 0.4) is 0 Å². The van der Waals surface area contributed by atoms with E-state index in [0.29, 0.717) is 17.7 Å². The van der Waals surface area contributed by atoms with E-state index in [2.05, 4.69) is 14.9 Å². The molecular formula is C18H24N5O4PS. The van der Waals surface area contributed by atoms with E-state index in [4.69, 9.17) is 11.1 Å². The van der Waals surface area contributed by atoms with Gasteiger partial charge in [0.1, 0.15) is 11.9 Å². The van der Waals surface area contributed by atoms with Gasteiger partial charge in [-0.1, -0.05) is 54.6 Å². The Morgan fingerprint density at radius 1 is 1.10 bits per heavy atom.